The molecule has 0 radical (unpaired) electrons. The van der Waals surface area contributed by atoms with Gasteiger partial charge < -0.3 is 11.1 Å². The highest BCUT2D eigenvalue weighted by molar-refractivity contribution is 7.11. The van der Waals surface area contributed by atoms with Gasteiger partial charge in [0.1, 0.15) is 10.0 Å². The number of nitrogens with one attached hydrogen (secondary N) is 1. The highest BCUT2D eigenvalue weighted by Gasteiger charge is 2.07. The third-order valence-corrected chi connectivity index (χ3v) is 4.06. The lowest BCUT2D eigenvalue weighted by molar-refractivity contribution is 0.816. The Balaban J connectivity index is 2.00. The van der Waals surface area contributed by atoms with E-state index in [9.17, 15) is 0 Å². The molecule has 6 heteroatoms. The van der Waals surface area contributed by atoms with E-state index in [1.807, 2.05) is 12.1 Å². The summed E-state index contributed by atoms with van der Waals surface area (Å²) in [4.78, 5) is 4.31. The van der Waals surface area contributed by atoms with Crippen molar-refractivity contribution in [1.29, 1.82) is 0 Å². The number of anilines is 1. The minimum absolute atomic E-state index is 0.390. The number of aryl methyl sites for hydroxylation is 2. The minimum atomic E-state index is 0.390. The zero-order valence-corrected chi connectivity index (χ0v) is 13.7. The van der Waals surface area contributed by atoms with Gasteiger partial charge in [0.15, 0.2) is 5.96 Å². The first kappa shape index (κ1) is 15.4. The molecule has 1 aromatic carbocycles. The molecule has 0 aliphatic rings. The van der Waals surface area contributed by atoms with Crippen LogP contribution in [0.1, 0.15) is 40.9 Å². The zero-order chi connectivity index (χ0) is 15.4. The Morgan fingerprint density at radius 1 is 1.24 bits per heavy atom. The first-order chi connectivity index (χ1) is 9.94. The van der Waals surface area contributed by atoms with Crippen LogP contribution in [0.15, 0.2) is 23.2 Å². The molecular formula is C15H21N5S. The van der Waals surface area contributed by atoms with Crippen LogP contribution in [0.2, 0.25) is 0 Å². The van der Waals surface area contributed by atoms with Gasteiger partial charge in [0, 0.05) is 11.6 Å². The third-order valence-electron chi connectivity index (χ3n) is 2.86. The van der Waals surface area contributed by atoms with Crippen LogP contribution >= 0.6 is 11.3 Å². The third kappa shape index (κ3) is 4.53. The highest BCUT2D eigenvalue weighted by Crippen LogP contribution is 2.19. The molecule has 3 N–H and O–H groups in total. The zero-order valence-electron chi connectivity index (χ0n) is 12.8. The number of nitrogens with two attached hydrogens (primary N) is 1. The first-order valence-electron chi connectivity index (χ1n) is 6.91. The second kappa shape index (κ2) is 6.67. The van der Waals surface area contributed by atoms with E-state index in [2.05, 4.69) is 54.3 Å². The summed E-state index contributed by atoms with van der Waals surface area (Å²) in [7, 11) is 0. The molecule has 1 heterocycles. The molecule has 0 unspecified atom stereocenters. The van der Waals surface area contributed by atoms with Crippen molar-refractivity contribution in [3.05, 3.63) is 39.3 Å². The summed E-state index contributed by atoms with van der Waals surface area (Å²) >= 11 is 1.58. The molecule has 2 rings (SSSR count). The standard InChI is InChI=1S/C15H21N5S/c1-9(2)14-20-19-13(21-14)8-17-15(16)18-12-6-10(3)5-11(4)7-12/h5-7,9H,8H2,1-4H3,(H3,16,17,18). The Morgan fingerprint density at radius 2 is 1.90 bits per heavy atom. The van der Waals surface area contributed by atoms with Gasteiger partial charge in [-0.25, -0.2) is 4.99 Å². The molecule has 21 heavy (non-hydrogen) atoms. The number of hydrogen-bond donors (Lipinski definition) is 2. The summed E-state index contributed by atoms with van der Waals surface area (Å²) in [5.74, 6) is 0.785. The van der Waals surface area contributed by atoms with Crippen molar-refractivity contribution in [3.63, 3.8) is 0 Å². The van der Waals surface area contributed by atoms with Gasteiger partial charge >= 0.3 is 0 Å². The van der Waals surface area contributed by atoms with Gasteiger partial charge in [0.2, 0.25) is 0 Å². The molecule has 2 aromatic rings. The molecule has 0 saturated carbocycles. The highest BCUT2D eigenvalue weighted by atomic mass is 32.1. The number of guanidine groups is 1. The smallest absolute Gasteiger partial charge is 0.193 e. The molecule has 0 saturated heterocycles. The average Bonchev–Trinajstić information content (AvgIpc) is 2.84. The van der Waals surface area contributed by atoms with Gasteiger partial charge in [-0.15, -0.1) is 10.2 Å². The fraction of sp³-hybridized carbons (Fsp3) is 0.400. The first-order valence-corrected chi connectivity index (χ1v) is 7.73. The van der Waals surface area contributed by atoms with E-state index in [1.165, 1.54) is 11.1 Å². The maximum atomic E-state index is 5.92. The van der Waals surface area contributed by atoms with Crippen molar-refractivity contribution in [1.82, 2.24) is 10.2 Å². The minimum Gasteiger partial charge on any atom is -0.370 e. The lowest BCUT2D eigenvalue weighted by Crippen LogP contribution is -2.22. The predicted octanol–water partition coefficient (Wildman–Crippen LogP) is 3.21. The Bertz CT molecular complexity index is 625. The molecule has 1 aromatic heterocycles. The number of aromatic nitrogens is 2. The SMILES string of the molecule is Cc1cc(C)cc(NC(N)=NCc2nnc(C(C)C)s2)c1. The molecule has 0 atom stereocenters. The van der Waals surface area contributed by atoms with Gasteiger partial charge in [-0.2, -0.15) is 0 Å². The number of rotatable bonds is 4. The molecule has 0 spiro atoms. The molecular weight excluding hydrogens is 282 g/mol. The average molecular weight is 303 g/mol. The van der Waals surface area contributed by atoms with Crippen molar-refractivity contribution >= 4 is 23.0 Å². The molecule has 0 aliphatic heterocycles. The fourth-order valence-corrected chi connectivity index (χ4v) is 2.72. The van der Waals surface area contributed by atoms with Crippen LogP contribution in [0.3, 0.4) is 0 Å². The van der Waals surface area contributed by atoms with Crippen LogP contribution in [-0.4, -0.2) is 16.2 Å². The lowest BCUT2D eigenvalue weighted by atomic mass is 10.1. The van der Waals surface area contributed by atoms with Crippen molar-refractivity contribution in [2.75, 3.05) is 5.32 Å². The van der Waals surface area contributed by atoms with Crippen molar-refractivity contribution in [2.45, 2.75) is 40.2 Å². The largest absolute Gasteiger partial charge is 0.370 e. The van der Waals surface area contributed by atoms with Crippen LogP contribution in [0.5, 0.6) is 0 Å². The van der Waals surface area contributed by atoms with E-state index in [4.69, 9.17) is 5.73 Å². The Morgan fingerprint density at radius 3 is 2.48 bits per heavy atom. The summed E-state index contributed by atoms with van der Waals surface area (Å²) in [6.45, 7) is 8.77. The molecule has 5 nitrogen and oxygen atoms in total. The summed E-state index contributed by atoms with van der Waals surface area (Å²) in [6.07, 6.45) is 0. The maximum absolute atomic E-state index is 5.92. The van der Waals surface area contributed by atoms with Gasteiger partial charge in [-0.1, -0.05) is 31.3 Å². The predicted molar refractivity (Wildman–Crippen MR) is 88.9 cm³/mol. The molecule has 112 valence electrons. The van der Waals surface area contributed by atoms with Crippen molar-refractivity contribution in [3.8, 4) is 0 Å². The van der Waals surface area contributed by atoms with Crippen LogP contribution in [0, 0.1) is 13.8 Å². The van der Waals surface area contributed by atoms with Gasteiger partial charge in [0.25, 0.3) is 0 Å². The lowest BCUT2D eigenvalue weighted by Gasteiger charge is -2.07. The van der Waals surface area contributed by atoms with Crippen LogP contribution in [0.4, 0.5) is 5.69 Å². The molecule has 0 fully saturated rings. The second-order valence-electron chi connectivity index (χ2n) is 5.39. The molecule has 0 amide bonds. The van der Waals surface area contributed by atoms with E-state index < -0.39 is 0 Å². The number of benzene rings is 1. The summed E-state index contributed by atoms with van der Waals surface area (Å²) < 4.78 is 0. The van der Waals surface area contributed by atoms with E-state index in [0.29, 0.717) is 18.4 Å². The Labute approximate surface area is 129 Å². The van der Waals surface area contributed by atoms with Gasteiger partial charge in [0.05, 0.1) is 6.54 Å². The van der Waals surface area contributed by atoms with Crippen LogP contribution in [-0.2, 0) is 6.54 Å². The Hall–Kier alpha value is -1.95. The summed E-state index contributed by atoms with van der Waals surface area (Å²) in [5.41, 5.74) is 9.25. The normalized spacial score (nSPS) is 12.0. The van der Waals surface area contributed by atoms with Crippen molar-refractivity contribution in [2.24, 2.45) is 10.7 Å². The number of aliphatic imine (C=N–C) groups is 1. The quantitative estimate of drug-likeness (QED) is 0.671. The summed E-state index contributed by atoms with van der Waals surface area (Å²) in [6, 6.07) is 6.20. The van der Waals surface area contributed by atoms with Crippen LogP contribution < -0.4 is 11.1 Å². The van der Waals surface area contributed by atoms with Gasteiger partial charge in [-0.3, -0.25) is 0 Å². The topological polar surface area (TPSA) is 76.2 Å². The van der Waals surface area contributed by atoms with E-state index in [1.54, 1.807) is 11.3 Å². The Kier molecular flexibility index (Phi) is 4.90. The fourth-order valence-electron chi connectivity index (χ4n) is 1.95. The van der Waals surface area contributed by atoms with Crippen molar-refractivity contribution < 1.29 is 0 Å². The maximum Gasteiger partial charge on any atom is 0.193 e. The van der Waals surface area contributed by atoms with Crippen LogP contribution in [0.25, 0.3) is 0 Å². The monoisotopic (exact) mass is 303 g/mol. The number of hydrogen-bond acceptors (Lipinski definition) is 4. The molecule has 0 aliphatic carbocycles. The van der Waals surface area contributed by atoms with Gasteiger partial charge in [-0.05, 0) is 37.1 Å². The summed E-state index contributed by atoms with van der Waals surface area (Å²) in [5, 5.41) is 13.3. The molecule has 0 bridgehead atoms. The van der Waals surface area contributed by atoms with E-state index in [-0.39, 0.29) is 0 Å². The second-order valence-corrected chi connectivity index (χ2v) is 6.49. The van der Waals surface area contributed by atoms with E-state index >= 15 is 0 Å². The number of nitrogens with zero attached hydrogens (tertiary/aromatic N) is 3. The van der Waals surface area contributed by atoms with E-state index in [0.717, 1.165) is 15.7 Å².